The van der Waals surface area contributed by atoms with Crippen LogP contribution in [-0.2, 0) is 6.42 Å². The van der Waals surface area contributed by atoms with E-state index >= 15 is 0 Å². The molecule has 21 heavy (non-hydrogen) atoms. The van der Waals surface area contributed by atoms with Gasteiger partial charge in [-0.3, -0.25) is 4.90 Å². The van der Waals surface area contributed by atoms with E-state index in [2.05, 4.69) is 68.2 Å². The van der Waals surface area contributed by atoms with Crippen molar-refractivity contribution < 1.29 is 0 Å². The lowest BCUT2D eigenvalue weighted by Crippen LogP contribution is -2.60. The summed E-state index contributed by atoms with van der Waals surface area (Å²) in [6.45, 7) is 11.7. The number of rotatable bonds is 6. The summed E-state index contributed by atoms with van der Waals surface area (Å²) in [4.78, 5) is 2.75. The lowest BCUT2D eigenvalue weighted by Gasteiger charge is -2.45. The van der Waals surface area contributed by atoms with Crippen molar-refractivity contribution in [3.05, 3.63) is 35.9 Å². The van der Waals surface area contributed by atoms with Crippen LogP contribution >= 0.6 is 0 Å². The molecular formula is C19H32N2. The van der Waals surface area contributed by atoms with Crippen LogP contribution in [0.3, 0.4) is 0 Å². The fourth-order valence-corrected chi connectivity index (χ4v) is 3.50. The molecule has 0 radical (unpaired) electrons. The summed E-state index contributed by atoms with van der Waals surface area (Å²) in [5, 5.41) is 3.78. The van der Waals surface area contributed by atoms with Gasteiger partial charge in [-0.1, -0.05) is 57.5 Å². The summed E-state index contributed by atoms with van der Waals surface area (Å²) >= 11 is 0. The minimum absolute atomic E-state index is 0.617. The molecule has 2 heteroatoms. The molecule has 0 amide bonds. The Morgan fingerprint density at radius 3 is 2.52 bits per heavy atom. The van der Waals surface area contributed by atoms with E-state index in [1.54, 1.807) is 0 Å². The van der Waals surface area contributed by atoms with E-state index in [1.165, 1.54) is 24.9 Å². The van der Waals surface area contributed by atoms with Crippen molar-refractivity contribution in [2.75, 3.05) is 13.1 Å². The highest BCUT2D eigenvalue weighted by molar-refractivity contribution is 5.16. The van der Waals surface area contributed by atoms with Crippen LogP contribution < -0.4 is 5.32 Å². The van der Waals surface area contributed by atoms with Crippen LogP contribution in [0.25, 0.3) is 0 Å². The summed E-state index contributed by atoms with van der Waals surface area (Å²) in [6.07, 6.45) is 3.65. The van der Waals surface area contributed by atoms with Gasteiger partial charge in [0.15, 0.2) is 0 Å². The molecule has 0 aromatic heterocycles. The predicted octanol–water partition coefficient (Wildman–Crippen LogP) is 3.72. The Bertz CT molecular complexity index is 403. The molecule has 0 bridgehead atoms. The predicted molar refractivity (Wildman–Crippen MR) is 91.6 cm³/mol. The summed E-state index contributed by atoms with van der Waals surface area (Å²) < 4.78 is 0. The van der Waals surface area contributed by atoms with Gasteiger partial charge in [-0.05, 0) is 31.2 Å². The fourth-order valence-electron chi connectivity index (χ4n) is 3.50. The lowest BCUT2D eigenvalue weighted by atomic mass is 9.93. The minimum Gasteiger partial charge on any atom is -0.311 e. The van der Waals surface area contributed by atoms with Gasteiger partial charge >= 0.3 is 0 Å². The van der Waals surface area contributed by atoms with Crippen LogP contribution in [0.5, 0.6) is 0 Å². The van der Waals surface area contributed by atoms with Crippen LogP contribution in [0, 0.1) is 5.92 Å². The molecule has 4 unspecified atom stereocenters. The van der Waals surface area contributed by atoms with Crippen molar-refractivity contribution in [3.8, 4) is 0 Å². The molecule has 0 spiro atoms. The SMILES string of the molecule is CCC(C)C1CN(C(C)Cc2ccccc2)C(CC)CN1. The third-order valence-electron chi connectivity index (χ3n) is 5.23. The van der Waals surface area contributed by atoms with E-state index < -0.39 is 0 Å². The summed E-state index contributed by atoms with van der Waals surface area (Å²) in [5.74, 6) is 0.759. The first-order valence-corrected chi connectivity index (χ1v) is 8.68. The zero-order chi connectivity index (χ0) is 15.2. The average Bonchev–Trinajstić information content (AvgIpc) is 2.54. The molecule has 1 aliphatic rings. The number of hydrogen-bond donors (Lipinski definition) is 1. The maximum atomic E-state index is 3.78. The minimum atomic E-state index is 0.617. The highest BCUT2D eigenvalue weighted by Gasteiger charge is 2.31. The van der Waals surface area contributed by atoms with Gasteiger partial charge in [-0.15, -0.1) is 0 Å². The van der Waals surface area contributed by atoms with Gasteiger partial charge in [-0.2, -0.15) is 0 Å². The van der Waals surface area contributed by atoms with Crippen molar-refractivity contribution in [1.82, 2.24) is 10.2 Å². The quantitative estimate of drug-likeness (QED) is 0.858. The molecule has 1 aromatic rings. The number of piperazine rings is 1. The smallest absolute Gasteiger partial charge is 0.0221 e. The molecule has 2 rings (SSSR count). The number of benzene rings is 1. The molecule has 118 valence electrons. The molecule has 1 N–H and O–H groups in total. The van der Waals surface area contributed by atoms with E-state index in [0.29, 0.717) is 18.1 Å². The molecule has 1 fully saturated rings. The highest BCUT2D eigenvalue weighted by atomic mass is 15.3. The van der Waals surface area contributed by atoms with Crippen LogP contribution in [0.1, 0.15) is 46.1 Å². The summed E-state index contributed by atoms with van der Waals surface area (Å²) in [6, 6.07) is 12.9. The van der Waals surface area contributed by atoms with Crippen LogP contribution in [0.15, 0.2) is 30.3 Å². The first kappa shape index (κ1) is 16.5. The molecule has 0 saturated carbocycles. The van der Waals surface area contributed by atoms with Crippen LogP contribution in [-0.4, -0.2) is 36.1 Å². The molecule has 1 heterocycles. The van der Waals surface area contributed by atoms with Gasteiger partial charge in [0.2, 0.25) is 0 Å². The zero-order valence-electron chi connectivity index (χ0n) is 14.2. The zero-order valence-corrected chi connectivity index (χ0v) is 14.2. The van der Waals surface area contributed by atoms with Gasteiger partial charge in [0.25, 0.3) is 0 Å². The van der Waals surface area contributed by atoms with Gasteiger partial charge in [0, 0.05) is 31.2 Å². The normalized spacial score (nSPS) is 26.5. The van der Waals surface area contributed by atoms with E-state index in [1.807, 2.05) is 0 Å². The Morgan fingerprint density at radius 1 is 1.19 bits per heavy atom. The van der Waals surface area contributed by atoms with Crippen molar-refractivity contribution in [2.45, 2.75) is 65.1 Å². The van der Waals surface area contributed by atoms with Gasteiger partial charge < -0.3 is 5.32 Å². The largest absolute Gasteiger partial charge is 0.311 e. The number of nitrogens with zero attached hydrogens (tertiary/aromatic N) is 1. The Kier molecular flexibility index (Phi) is 6.25. The summed E-state index contributed by atoms with van der Waals surface area (Å²) in [7, 11) is 0. The molecule has 0 aliphatic carbocycles. The Hall–Kier alpha value is -0.860. The molecule has 4 atom stereocenters. The van der Waals surface area contributed by atoms with Gasteiger partial charge in [0.1, 0.15) is 0 Å². The Labute approximate surface area is 130 Å². The first-order chi connectivity index (χ1) is 10.2. The first-order valence-electron chi connectivity index (χ1n) is 8.68. The highest BCUT2D eigenvalue weighted by Crippen LogP contribution is 2.21. The molecular weight excluding hydrogens is 256 g/mol. The third kappa shape index (κ3) is 4.31. The maximum Gasteiger partial charge on any atom is 0.0221 e. The van der Waals surface area contributed by atoms with Crippen molar-refractivity contribution in [3.63, 3.8) is 0 Å². The third-order valence-corrected chi connectivity index (χ3v) is 5.23. The lowest BCUT2D eigenvalue weighted by molar-refractivity contribution is 0.0709. The standard InChI is InChI=1S/C19H32N2/c1-5-15(3)19-14-21(18(6-2)13-20-19)16(4)12-17-10-8-7-9-11-17/h7-11,15-16,18-20H,5-6,12-14H2,1-4H3. The molecule has 1 saturated heterocycles. The number of nitrogens with one attached hydrogen (secondary N) is 1. The van der Waals surface area contributed by atoms with Crippen molar-refractivity contribution >= 4 is 0 Å². The fraction of sp³-hybridized carbons (Fsp3) is 0.684. The molecule has 1 aromatic carbocycles. The second kappa shape index (κ2) is 7.95. The molecule has 2 nitrogen and oxygen atoms in total. The Morgan fingerprint density at radius 2 is 1.90 bits per heavy atom. The summed E-state index contributed by atoms with van der Waals surface area (Å²) in [5.41, 5.74) is 1.46. The molecule has 1 aliphatic heterocycles. The Balaban J connectivity index is 2.02. The second-order valence-electron chi connectivity index (χ2n) is 6.70. The average molecular weight is 288 g/mol. The van der Waals surface area contributed by atoms with E-state index in [9.17, 15) is 0 Å². The van der Waals surface area contributed by atoms with E-state index in [4.69, 9.17) is 0 Å². The van der Waals surface area contributed by atoms with Crippen molar-refractivity contribution in [2.24, 2.45) is 5.92 Å². The van der Waals surface area contributed by atoms with Gasteiger partial charge in [0.05, 0.1) is 0 Å². The number of hydrogen-bond acceptors (Lipinski definition) is 2. The van der Waals surface area contributed by atoms with E-state index in [0.717, 1.165) is 18.9 Å². The van der Waals surface area contributed by atoms with Crippen LogP contribution in [0.4, 0.5) is 0 Å². The van der Waals surface area contributed by atoms with Crippen molar-refractivity contribution in [1.29, 1.82) is 0 Å². The maximum absolute atomic E-state index is 3.78. The monoisotopic (exact) mass is 288 g/mol. The van der Waals surface area contributed by atoms with E-state index in [-0.39, 0.29) is 0 Å². The second-order valence-corrected chi connectivity index (χ2v) is 6.70. The van der Waals surface area contributed by atoms with Crippen LogP contribution in [0.2, 0.25) is 0 Å². The van der Waals surface area contributed by atoms with Gasteiger partial charge in [-0.25, -0.2) is 0 Å². The topological polar surface area (TPSA) is 15.3 Å².